The molecule has 4 rings (SSSR count). The average Bonchev–Trinajstić information content (AvgIpc) is 3.38. The molecule has 1 heterocycles. The molecule has 1 saturated carbocycles. The number of halogens is 2. The standard InChI is InChI=1S/C26H29ClFN3O3/c1-3-23(30(14-15-34-2)25(32)17-8-4-5-9-17)24-29-22-11-7-6-10-19(22)26(33)31(24)18-12-13-21(28)20(27)16-18/h6-7,10-13,16-17,23H,3-5,8-9,14-15H2,1-2H3. The molecular weight excluding hydrogens is 457 g/mol. The largest absolute Gasteiger partial charge is 0.383 e. The summed E-state index contributed by atoms with van der Waals surface area (Å²) >= 11 is 6.08. The molecule has 180 valence electrons. The first-order valence-corrected chi connectivity index (χ1v) is 12.1. The van der Waals surface area contributed by atoms with Gasteiger partial charge in [0.2, 0.25) is 5.91 Å². The maximum atomic E-state index is 13.9. The first-order valence-electron chi connectivity index (χ1n) is 11.7. The second kappa shape index (κ2) is 10.7. The maximum absolute atomic E-state index is 13.9. The number of hydrogen-bond acceptors (Lipinski definition) is 4. The summed E-state index contributed by atoms with van der Waals surface area (Å²) in [4.78, 5) is 34.0. The molecule has 6 nitrogen and oxygen atoms in total. The van der Waals surface area contributed by atoms with Gasteiger partial charge in [-0.2, -0.15) is 0 Å². The second-order valence-electron chi connectivity index (χ2n) is 8.66. The fourth-order valence-electron chi connectivity index (χ4n) is 4.81. The van der Waals surface area contributed by atoms with Gasteiger partial charge in [-0.3, -0.25) is 14.2 Å². The van der Waals surface area contributed by atoms with Crippen molar-refractivity contribution in [2.45, 2.75) is 45.1 Å². The summed E-state index contributed by atoms with van der Waals surface area (Å²) in [6.45, 7) is 2.72. The zero-order valence-electron chi connectivity index (χ0n) is 19.5. The van der Waals surface area contributed by atoms with Crippen LogP contribution in [0.2, 0.25) is 5.02 Å². The highest BCUT2D eigenvalue weighted by molar-refractivity contribution is 6.30. The van der Waals surface area contributed by atoms with Gasteiger partial charge in [-0.15, -0.1) is 0 Å². The van der Waals surface area contributed by atoms with Crippen LogP contribution in [0.1, 0.15) is 50.9 Å². The number of carbonyl (C=O) groups excluding carboxylic acids is 1. The van der Waals surface area contributed by atoms with Crippen LogP contribution in [0.5, 0.6) is 0 Å². The number of carbonyl (C=O) groups is 1. The van der Waals surface area contributed by atoms with Gasteiger partial charge in [0.05, 0.1) is 34.3 Å². The molecule has 1 atom stereocenters. The molecule has 0 N–H and O–H groups in total. The first kappa shape index (κ1) is 24.4. The zero-order valence-corrected chi connectivity index (χ0v) is 20.2. The highest BCUT2D eigenvalue weighted by Gasteiger charge is 2.34. The van der Waals surface area contributed by atoms with Crippen LogP contribution in [0.3, 0.4) is 0 Å². The normalized spacial score (nSPS) is 15.1. The molecule has 1 aliphatic rings. The molecule has 3 aromatic rings. The smallest absolute Gasteiger partial charge is 0.266 e. The Morgan fingerprint density at radius 2 is 2.00 bits per heavy atom. The van der Waals surface area contributed by atoms with Crippen molar-refractivity contribution in [2.24, 2.45) is 5.92 Å². The Morgan fingerprint density at radius 1 is 1.26 bits per heavy atom. The molecule has 8 heteroatoms. The second-order valence-corrected chi connectivity index (χ2v) is 9.06. The van der Waals surface area contributed by atoms with E-state index >= 15 is 0 Å². The van der Waals surface area contributed by atoms with E-state index in [1.807, 2.05) is 13.0 Å². The van der Waals surface area contributed by atoms with Crippen LogP contribution in [0.4, 0.5) is 4.39 Å². The van der Waals surface area contributed by atoms with Crippen molar-refractivity contribution in [3.63, 3.8) is 0 Å². The molecule has 0 saturated heterocycles. The lowest BCUT2D eigenvalue weighted by Gasteiger charge is -2.34. The SMILES string of the molecule is CCC(c1nc2ccccc2c(=O)n1-c1ccc(F)c(Cl)c1)N(CCOC)C(=O)C1CCCC1. The molecule has 2 aromatic carbocycles. The van der Waals surface area contributed by atoms with Gasteiger partial charge in [-0.1, -0.05) is 43.5 Å². The fourth-order valence-corrected chi connectivity index (χ4v) is 4.98. The minimum atomic E-state index is -0.570. The number of nitrogens with zero attached hydrogens (tertiary/aromatic N) is 3. The maximum Gasteiger partial charge on any atom is 0.266 e. The van der Waals surface area contributed by atoms with Crippen molar-refractivity contribution in [3.8, 4) is 5.69 Å². The summed E-state index contributed by atoms with van der Waals surface area (Å²) in [6.07, 6.45) is 4.35. The number of aromatic nitrogens is 2. The molecular formula is C26H29ClFN3O3. The van der Waals surface area contributed by atoms with Crippen LogP contribution in [-0.4, -0.2) is 40.6 Å². The summed E-state index contributed by atoms with van der Waals surface area (Å²) in [7, 11) is 1.60. The number of rotatable bonds is 8. The van der Waals surface area contributed by atoms with E-state index in [1.54, 1.807) is 30.2 Å². The lowest BCUT2D eigenvalue weighted by Crippen LogP contribution is -2.42. The van der Waals surface area contributed by atoms with Gasteiger partial charge in [0.25, 0.3) is 5.56 Å². The van der Waals surface area contributed by atoms with Crippen LogP contribution in [-0.2, 0) is 9.53 Å². The molecule has 1 aliphatic carbocycles. The molecule has 0 aliphatic heterocycles. The van der Waals surface area contributed by atoms with Gasteiger partial charge in [0.1, 0.15) is 11.6 Å². The quantitative estimate of drug-likeness (QED) is 0.434. The summed E-state index contributed by atoms with van der Waals surface area (Å²) in [5.74, 6) is -0.116. The highest BCUT2D eigenvalue weighted by Crippen LogP contribution is 2.32. The van der Waals surface area contributed by atoms with Crippen molar-refractivity contribution >= 4 is 28.4 Å². The molecule has 0 spiro atoms. The van der Waals surface area contributed by atoms with Crippen molar-refractivity contribution in [1.82, 2.24) is 14.5 Å². The number of hydrogen-bond donors (Lipinski definition) is 0. The summed E-state index contributed by atoms with van der Waals surface area (Å²) < 4.78 is 20.7. The Kier molecular flexibility index (Phi) is 7.63. The van der Waals surface area contributed by atoms with E-state index in [-0.39, 0.29) is 22.4 Å². The van der Waals surface area contributed by atoms with Crippen molar-refractivity contribution in [1.29, 1.82) is 0 Å². The third kappa shape index (κ3) is 4.72. The van der Waals surface area contributed by atoms with Crippen LogP contribution in [0.15, 0.2) is 47.3 Å². The highest BCUT2D eigenvalue weighted by atomic mass is 35.5. The Hall–Kier alpha value is -2.77. The van der Waals surface area contributed by atoms with E-state index in [0.717, 1.165) is 25.7 Å². The number of methoxy groups -OCH3 is 1. The first-order chi connectivity index (χ1) is 16.5. The van der Waals surface area contributed by atoms with Crippen LogP contribution in [0, 0.1) is 11.7 Å². The topological polar surface area (TPSA) is 64.4 Å². The monoisotopic (exact) mass is 485 g/mol. The summed E-state index contributed by atoms with van der Waals surface area (Å²) in [6, 6.07) is 10.8. The Morgan fingerprint density at radius 3 is 2.68 bits per heavy atom. The molecule has 0 bridgehead atoms. The van der Waals surface area contributed by atoms with Crippen molar-refractivity contribution in [2.75, 3.05) is 20.3 Å². The summed E-state index contributed by atoms with van der Waals surface area (Å²) in [5.41, 5.74) is 0.662. The number of benzene rings is 2. The molecule has 34 heavy (non-hydrogen) atoms. The van der Waals surface area contributed by atoms with E-state index in [2.05, 4.69) is 0 Å². The van der Waals surface area contributed by atoms with Gasteiger partial charge in [-0.05, 0) is 49.6 Å². The van der Waals surface area contributed by atoms with Gasteiger partial charge < -0.3 is 9.64 Å². The van der Waals surface area contributed by atoms with E-state index in [9.17, 15) is 14.0 Å². The lowest BCUT2D eigenvalue weighted by molar-refractivity contribution is -0.139. The molecule has 1 unspecified atom stereocenters. The van der Waals surface area contributed by atoms with Crippen LogP contribution in [0.25, 0.3) is 16.6 Å². The molecule has 1 aromatic heterocycles. The molecule has 1 amide bonds. The van der Waals surface area contributed by atoms with Crippen LogP contribution < -0.4 is 5.56 Å². The van der Waals surface area contributed by atoms with Gasteiger partial charge >= 0.3 is 0 Å². The minimum Gasteiger partial charge on any atom is -0.383 e. The third-order valence-corrected chi connectivity index (χ3v) is 6.84. The predicted octanol–water partition coefficient (Wildman–Crippen LogP) is 5.29. The Labute approximate surface area is 203 Å². The molecule has 0 radical (unpaired) electrons. The predicted molar refractivity (Wildman–Crippen MR) is 131 cm³/mol. The Bertz CT molecular complexity index is 1240. The van der Waals surface area contributed by atoms with Gasteiger partial charge in [0, 0.05) is 19.6 Å². The van der Waals surface area contributed by atoms with E-state index in [4.69, 9.17) is 21.3 Å². The number of fused-ring (bicyclic) bond motifs is 1. The van der Waals surface area contributed by atoms with Gasteiger partial charge in [-0.25, -0.2) is 9.37 Å². The zero-order chi connectivity index (χ0) is 24.2. The van der Waals surface area contributed by atoms with Crippen molar-refractivity contribution in [3.05, 3.63) is 69.5 Å². The van der Waals surface area contributed by atoms with Crippen molar-refractivity contribution < 1.29 is 13.9 Å². The Balaban J connectivity index is 1.92. The van der Waals surface area contributed by atoms with E-state index in [0.29, 0.717) is 42.0 Å². The van der Waals surface area contributed by atoms with E-state index < -0.39 is 11.9 Å². The fraction of sp³-hybridized carbons (Fsp3) is 0.423. The van der Waals surface area contributed by atoms with E-state index in [1.165, 1.54) is 22.8 Å². The molecule has 1 fully saturated rings. The number of para-hydroxylation sites is 1. The number of ether oxygens (including phenoxy) is 1. The van der Waals surface area contributed by atoms with Crippen LogP contribution >= 0.6 is 11.6 Å². The lowest BCUT2D eigenvalue weighted by atomic mass is 10.0. The average molecular weight is 486 g/mol. The summed E-state index contributed by atoms with van der Waals surface area (Å²) in [5, 5.41) is 0.349. The third-order valence-electron chi connectivity index (χ3n) is 6.55. The number of amides is 1. The van der Waals surface area contributed by atoms with Gasteiger partial charge in [0.15, 0.2) is 0 Å². The minimum absolute atomic E-state index is 0.0354.